The molecule has 6 nitrogen and oxygen atoms in total. The Labute approximate surface area is 139 Å². The fourth-order valence-electron chi connectivity index (χ4n) is 4.05. The number of carbonyl (C=O) groups excluding carboxylic acids is 1. The minimum Gasteiger partial charge on any atom is -0.379 e. The largest absolute Gasteiger partial charge is 0.379 e. The molecule has 0 aromatic heterocycles. The van der Waals surface area contributed by atoms with E-state index in [1.807, 2.05) is 0 Å². The summed E-state index contributed by atoms with van der Waals surface area (Å²) < 4.78 is 11.0. The minimum atomic E-state index is -0.326. The van der Waals surface area contributed by atoms with Gasteiger partial charge in [0.25, 0.3) is 0 Å². The van der Waals surface area contributed by atoms with Gasteiger partial charge < -0.3 is 20.1 Å². The zero-order valence-corrected chi connectivity index (χ0v) is 14.1. The Morgan fingerprint density at radius 3 is 2.65 bits per heavy atom. The molecule has 0 aromatic rings. The van der Waals surface area contributed by atoms with Gasteiger partial charge in [-0.2, -0.15) is 0 Å². The van der Waals surface area contributed by atoms with Crippen molar-refractivity contribution in [3.8, 4) is 0 Å². The lowest BCUT2D eigenvalue weighted by Crippen LogP contribution is -2.53. The summed E-state index contributed by atoms with van der Waals surface area (Å²) in [4.78, 5) is 14.9. The zero-order valence-electron chi connectivity index (χ0n) is 14.1. The van der Waals surface area contributed by atoms with Crippen LogP contribution in [0.25, 0.3) is 0 Å². The van der Waals surface area contributed by atoms with E-state index in [1.165, 1.54) is 32.1 Å². The molecule has 1 aliphatic carbocycles. The lowest BCUT2D eigenvalue weighted by Gasteiger charge is -2.42. The van der Waals surface area contributed by atoms with Crippen LogP contribution in [0.15, 0.2) is 0 Å². The fraction of sp³-hybridized carbons (Fsp3) is 0.941. The molecule has 0 spiro atoms. The van der Waals surface area contributed by atoms with E-state index in [4.69, 9.17) is 9.47 Å². The van der Waals surface area contributed by atoms with Crippen LogP contribution in [-0.4, -0.2) is 76.0 Å². The minimum absolute atomic E-state index is 0.0455. The van der Waals surface area contributed by atoms with Crippen LogP contribution in [0.2, 0.25) is 0 Å². The highest BCUT2D eigenvalue weighted by Crippen LogP contribution is 2.36. The maximum atomic E-state index is 12.4. The molecule has 23 heavy (non-hydrogen) atoms. The van der Waals surface area contributed by atoms with E-state index in [0.29, 0.717) is 13.2 Å². The van der Waals surface area contributed by atoms with Crippen LogP contribution >= 0.6 is 0 Å². The number of carbonyl (C=O) groups is 1. The molecule has 6 heteroatoms. The van der Waals surface area contributed by atoms with E-state index in [1.54, 1.807) is 0 Å². The van der Waals surface area contributed by atoms with E-state index in [9.17, 15) is 4.79 Å². The van der Waals surface area contributed by atoms with Crippen LogP contribution in [0.4, 0.5) is 0 Å². The van der Waals surface area contributed by atoms with Gasteiger partial charge in [0.15, 0.2) is 0 Å². The van der Waals surface area contributed by atoms with Crippen LogP contribution in [-0.2, 0) is 14.3 Å². The third kappa shape index (κ3) is 4.89. The topological polar surface area (TPSA) is 62.8 Å². The predicted molar refractivity (Wildman–Crippen MR) is 88.4 cm³/mol. The summed E-state index contributed by atoms with van der Waals surface area (Å²) in [5, 5.41) is 6.41. The first-order valence-corrected chi connectivity index (χ1v) is 9.18. The maximum absolute atomic E-state index is 12.4. The summed E-state index contributed by atoms with van der Waals surface area (Å²) in [5.74, 6) is 0.0455. The van der Waals surface area contributed by atoms with Crippen LogP contribution < -0.4 is 10.6 Å². The van der Waals surface area contributed by atoms with Crippen molar-refractivity contribution in [2.24, 2.45) is 5.41 Å². The summed E-state index contributed by atoms with van der Waals surface area (Å²) in [7, 11) is 0. The second-order valence-corrected chi connectivity index (χ2v) is 7.23. The molecule has 132 valence electrons. The number of hydrogen-bond acceptors (Lipinski definition) is 5. The van der Waals surface area contributed by atoms with Crippen molar-refractivity contribution >= 4 is 5.91 Å². The first-order chi connectivity index (χ1) is 11.3. The molecule has 0 aromatic carbocycles. The van der Waals surface area contributed by atoms with Crippen molar-refractivity contribution in [1.82, 2.24) is 15.5 Å². The summed E-state index contributed by atoms with van der Waals surface area (Å²) >= 11 is 0. The van der Waals surface area contributed by atoms with Gasteiger partial charge in [-0.3, -0.25) is 9.69 Å². The van der Waals surface area contributed by atoms with Gasteiger partial charge in [-0.25, -0.2) is 0 Å². The van der Waals surface area contributed by atoms with Gasteiger partial charge in [-0.15, -0.1) is 0 Å². The average Bonchev–Trinajstić information content (AvgIpc) is 2.62. The van der Waals surface area contributed by atoms with E-state index >= 15 is 0 Å². The monoisotopic (exact) mass is 325 g/mol. The first kappa shape index (κ1) is 17.1. The zero-order chi connectivity index (χ0) is 16.0. The molecule has 2 saturated heterocycles. The highest BCUT2D eigenvalue weighted by Gasteiger charge is 2.35. The molecule has 2 heterocycles. The molecular weight excluding hydrogens is 294 g/mol. The molecule has 1 atom stereocenters. The van der Waals surface area contributed by atoms with Gasteiger partial charge in [-0.05, 0) is 12.8 Å². The quantitative estimate of drug-likeness (QED) is 0.765. The van der Waals surface area contributed by atoms with Crippen molar-refractivity contribution in [1.29, 1.82) is 0 Å². The number of hydrogen-bond donors (Lipinski definition) is 2. The maximum Gasteiger partial charge on any atom is 0.250 e. The number of ether oxygens (including phenoxy) is 2. The SMILES string of the molecule is O=C(NCC1(CN2CCOCC2)CCCCC1)C1CNCCO1. The predicted octanol–water partition coefficient (Wildman–Crippen LogP) is 0.374. The van der Waals surface area contributed by atoms with Crippen molar-refractivity contribution in [2.75, 3.05) is 59.1 Å². The molecular formula is C17H31N3O3. The Hall–Kier alpha value is -0.690. The lowest BCUT2D eigenvalue weighted by molar-refractivity contribution is -0.135. The fourth-order valence-corrected chi connectivity index (χ4v) is 4.05. The lowest BCUT2D eigenvalue weighted by atomic mass is 9.73. The standard InChI is InChI=1S/C17H31N3O3/c21-16(15-12-18-6-9-23-15)19-13-17(4-2-1-3-5-17)14-20-7-10-22-11-8-20/h15,18H,1-14H2,(H,19,21). The number of nitrogens with zero attached hydrogens (tertiary/aromatic N) is 1. The van der Waals surface area contributed by atoms with Gasteiger partial charge in [0, 0.05) is 44.7 Å². The number of morpholine rings is 2. The van der Waals surface area contributed by atoms with Crippen LogP contribution in [0.1, 0.15) is 32.1 Å². The first-order valence-electron chi connectivity index (χ1n) is 9.18. The van der Waals surface area contributed by atoms with Crippen molar-refractivity contribution in [3.05, 3.63) is 0 Å². The number of nitrogens with one attached hydrogen (secondary N) is 2. The van der Waals surface area contributed by atoms with Gasteiger partial charge in [0.05, 0.1) is 19.8 Å². The molecule has 0 radical (unpaired) electrons. The highest BCUT2D eigenvalue weighted by atomic mass is 16.5. The second kappa shape index (κ2) is 8.42. The van der Waals surface area contributed by atoms with E-state index in [0.717, 1.165) is 45.9 Å². The molecule has 3 fully saturated rings. The highest BCUT2D eigenvalue weighted by molar-refractivity contribution is 5.81. The molecule has 2 aliphatic heterocycles. The number of rotatable bonds is 5. The molecule has 1 unspecified atom stereocenters. The van der Waals surface area contributed by atoms with E-state index < -0.39 is 0 Å². The summed E-state index contributed by atoms with van der Waals surface area (Å²) in [6, 6.07) is 0. The van der Waals surface area contributed by atoms with E-state index in [-0.39, 0.29) is 17.4 Å². The molecule has 1 saturated carbocycles. The van der Waals surface area contributed by atoms with Gasteiger partial charge in [-0.1, -0.05) is 19.3 Å². The summed E-state index contributed by atoms with van der Waals surface area (Å²) in [5.41, 5.74) is 0.230. The Balaban J connectivity index is 1.53. The Morgan fingerprint density at radius 1 is 1.17 bits per heavy atom. The smallest absolute Gasteiger partial charge is 0.250 e. The second-order valence-electron chi connectivity index (χ2n) is 7.23. The van der Waals surface area contributed by atoms with Crippen LogP contribution in [0, 0.1) is 5.41 Å². The summed E-state index contributed by atoms with van der Waals surface area (Å²) in [6.45, 7) is 7.66. The molecule has 3 rings (SSSR count). The van der Waals surface area contributed by atoms with Crippen LogP contribution in [0.3, 0.4) is 0 Å². The van der Waals surface area contributed by atoms with Crippen molar-refractivity contribution < 1.29 is 14.3 Å². The molecule has 1 amide bonds. The third-order valence-corrected chi connectivity index (χ3v) is 5.43. The normalized spacial score (nSPS) is 29.1. The van der Waals surface area contributed by atoms with Gasteiger partial charge >= 0.3 is 0 Å². The Morgan fingerprint density at radius 2 is 1.96 bits per heavy atom. The van der Waals surface area contributed by atoms with Crippen LogP contribution in [0.5, 0.6) is 0 Å². The van der Waals surface area contributed by atoms with E-state index in [2.05, 4.69) is 15.5 Å². The van der Waals surface area contributed by atoms with Crippen molar-refractivity contribution in [2.45, 2.75) is 38.2 Å². The van der Waals surface area contributed by atoms with Gasteiger partial charge in [0.2, 0.25) is 5.91 Å². The summed E-state index contributed by atoms with van der Waals surface area (Å²) in [6.07, 6.45) is 5.99. The van der Waals surface area contributed by atoms with Crippen molar-refractivity contribution in [3.63, 3.8) is 0 Å². The molecule has 0 bridgehead atoms. The molecule has 2 N–H and O–H groups in total. The Bertz CT molecular complexity index is 373. The number of amides is 1. The average molecular weight is 325 g/mol. The third-order valence-electron chi connectivity index (χ3n) is 5.43. The molecule has 3 aliphatic rings. The van der Waals surface area contributed by atoms with Gasteiger partial charge in [0.1, 0.15) is 6.10 Å². The Kier molecular flexibility index (Phi) is 6.28.